The number of amides is 1. The van der Waals surface area contributed by atoms with Gasteiger partial charge in [0.1, 0.15) is 0 Å². The van der Waals surface area contributed by atoms with Crippen LogP contribution in [0.15, 0.2) is 24.3 Å². The highest BCUT2D eigenvalue weighted by atomic mass is 79.9. The smallest absolute Gasteiger partial charge is 0.232 e. The first-order valence-corrected chi connectivity index (χ1v) is 8.26. The Balaban J connectivity index is 1.86. The Morgan fingerprint density at radius 1 is 1.25 bits per heavy atom. The third-order valence-corrected chi connectivity index (χ3v) is 8.13. The highest BCUT2D eigenvalue weighted by molar-refractivity contribution is 9.09. The van der Waals surface area contributed by atoms with Gasteiger partial charge in [-0.2, -0.15) is 0 Å². The molecule has 1 amide bonds. The largest absolute Gasteiger partial charge is 0.326 e. The zero-order valence-corrected chi connectivity index (χ0v) is 14.3. The van der Waals surface area contributed by atoms with Crippen LogP contribution in [0.2, 0.25) is 5.02 Å². The van der Waals surface area contributed by atoms with E-state index < -0.39 is 0 Å². The highest BCUT2D eigenvalue weighted by Gasteiger charge is 2.80. The number of hydrogen-bond donors (Lipinski definition) is 1. The Kier molecular flexibility index (Phi) is 3.05. The van der Waals surface area contributed by atoms with Crippen molar-refractivity contribution in [1.82, 2.24) is 0 Å². The number of alkyl halides is 1. The van der Waals surface area contributed by atoms with Gasteiger partial charge in [-0.1, -0.05) is 48.3 Å². The fourth-order valence-electron chi connectivity index (χ4n) is 4.23. The van der Waals surface area contributed by atoms with Crippen molar-refractivity contribution in [3.05, 3.63) is 29.3 Å². The van der Waals surface area contributed by atoms with Gasteiger partial charge in [0.05, 0.1) is 5.41 Å². The van der Waals surface area contributed by atoms with E-state index in [4.69, 9.17) is 11.6 Å². The molecular weight excluding hydrogens is 338 g/mol. The molecule has 0 heterocycles. The van der Waals surface area contributed by atoms with Crippen molar-refractivity contribution < 1.29 is 4.79 Å². The van der Waals surface area contributed by atoms with Gasteiger partial charge in [0.15, 0.2) is 0 Å². The molecule has 3 aliphatic rings. The summed E-state index contributed by atoms with van der Waals surface area (Å²) < 4.78 is 0. The van der Waals surface area contributed by atoms with Gasteiger partial charge in [-0.25, -0.2) is 0 Å². The average molecular weight is 357 g/mol. The molecule has 3 aliphatic carbocycles. The lowest BCUT2D eigenvalue weighted by Gasteiger charge is -2.64. The predicted molar refractivity (Wildman–Crippen MR) is 86.4 cm³/mol. The molecule has 1 aromatic carbocycles. The van der Waals surface area contributed by atoms with Crippen molar-refractivity contribution >= 4 is 39.1 Å². The van der Waals surface area contributed by atoms with Crippen LogP contribution in [0, 0.1) is 16.2 Å². The molecule has 0 saturated heterocycles. The van der Waals surface area contributed by atoms with Gasteiger partial charge < -0.3 is 5.32 Å². The Hall–Kier alpha value is -0.540. The summed E-state index contributed by atoms with van der Waals surface area (Å²) in [7, 11) is 0. The van der Waals surface area contributed by atoms with Crippen molar-refractivity contribution in [2.75, 3.05) is 5.32 Å². The van der Waals surface area contributed by atoms with Gasteiger partial charge in [0, 0.05) is 15.5 Å². The number of anilines is 1. The molecule has 0 spiro atoms. The molecule has 2 nitrogen and oxygen atoms in total. The van der Waals surface area contributed by atoms with E-state index in [-0.39, 0.29) is 27.0 Å². The maximum Gasteiger partial charge on any atom is 0.232 e. The van der Waals surface area contributed by atoms with Crippen LogP contribution in [0.5, 0.6) is 0 Å². The van der Waals surface area contributed by atoms with Gasteiger partial charge in [-0.05, 0) is 47.9 Å². The van der Waals surface area contributed by atoms with Crippen molar-refractivity contribution in [2.24, 2.45) is 16.2 Å². The van der Waals surface area contributed by atoms with E-state index in [9.17, 15) is 4.79 Å². The molecule has 3 saturated carbocycles. The molecular formula is C16H19BrClNO. The fraction of sp³-hybridized carbons (Fsp3) is 0.562. The molecule has 3 atom stereocenters. The number of nitrogens with one attached hydrogen (secondary N) is 1. The number of carbonyl (C=O) groups excluding carboxylic acids is 1. The summed E-state index contributed by atoms with van der Waals surface area (Å²) in [5, 5.41) is 3.74. The summed E-state index contributed by atoms with van der Waals surface area (Å²) in [4.78, 5) is 13.1. The first-order chi connectivity index (χ1) is 9.25. The summed E-state index contributed by atoms with van der Waals surface area (Å²) in [5.74, 6) is 0.127. The summed E-state index contributed by atoms with van der Waals surface area (Å²) in [5.41, 5.74) is 0.737. The molecule has 3 fully saturated rings. The second-order valence-corrected chi connectivity index (χ2v) is 8.19. The molecule has 1 N–H and O–H groups in total. The Morgan fingerprint density at radius 2 is 1.85 bits per heavy atom. The molecule has 0 aromatic heterocycles. The number of carbonyl (C=O) groups is 1. The van der Waals surface area contributed by atoms with Crippen LogP contribution in [0.1, 0.15) is 33.6 Å². The van der Waals surface area contributed by atoms with Crippen molar-refractivity contribution in [3.63, 3.8) is 0 Å². The third-order valence-electron chi connectivity index (χ3n) is 6.08. The quantitative estimate of drug-likeness (QED) is 0.753. The van der Waals surface area contributed by atoms with Crippen LogP contribution in [0.3, 0.4) is 0 Å². The zero-order chi connectivity index (χ0) is 14.8. The number of fused-ring (bicyclic) bond motifs is 1. The van der Waals surface area contributed by atoms with Gasteiger partial charge in [0.2, 0.25) is 5.91 Å². The summed E-state index contributed by atoms with van der Waals surface area (Å²) >= 11 is 9.66. The van der Waals surface area contributed by atoms with E-state index in [0.29, 0.717) is 5.02 Å². The number of halogens is 2. The van der Waals surface area contributed by atoms with Crippen molar-refractivity contribution in [3.8, 4) is 0 Å². The van der Waals surface area contributed by atoms with Crippen LogP contribution >= 0.6 is 27.5 Å². The monoisotopic (exact) mass is 355 g/mol. The Labute approximate surface area is 133 Å². The standard InChI is InChI=1S/C16H19BrClNO/c1-14(2)15(3)8-9-16(14,12(15)17)13(20)19-11-6-4-10(18)5-7-11/h4-7,12H,8-9H2,1-3H3,(H,19,20)/t12-,15+,16-/m0/s1. The maximum absolute atomic E-state index is 12.9. The van der Waals surface area contributed by atoms with E-state index in [1.165, 1.54) is 0 Å². The summed E-state index contributed by atoms with van der Waals surface area (Å²) in [6, 6.07) is 7.29. The molecule has 2 bridgehead atoms. The van der Waals surface area contributed by atoms with Crippen LogP contribution in [-0.2, 0) is 4.79 Å². The third kappa shape index (κ3) is 1.48. The molecule has 108 valence electrons. The summed E-state index contributed by atoms with van der Waals surface area (Å²) in [6.45, 7) is 6.73. The molecule has 4 rings (SSSR count). The van der Waals surface area contributed by atoms with Gasteiger partial charge in [-0.15, -0.1) is 0 Å². The first kappa shape index (κ1) is 14.4. The number of hydrogen-bond acceptors (Lipinski definition) is 1. The van der Waals surface area contributed by atoms with Crippen molar-refractivity contribution in [1.29, 1.82) is 0 Å². The van der Waals surface area contributed by atoms with Crippen LogP contribution in [0.25, 0.3) is 0 Å². The second kappa shape index (κ2) is 4.23. The topological polar surface area (TPSA) is 29.1 Å². The lowest BCUT2D eigenvalue weighted by molar-refractivity contribution is -0.155. The van der Waals surface area contributed by atoms with Crippen molar-refractivity contribution in [2.45, 2.75) is 38.4 Å². The van der Waals surface area contributed by atoms with Crippen LogP contribution < -0.4 is 5.32 Å². The van der Waals surface area contributed by atoms with Crippen LogP contribution in [-0.4, -0.2) is 10.7 Å². The predicted octanol–water partition coefficient (Wildman–Crippen LogP) is 4.87. The van der Waals surface area contributed by atoms with Gasteiger partial charge >= 0.3 is 0 Å². The fourth-order valence-corrected chi connectivity index (χ4v) is 6.17. The van der Waals surface area contributed by atoms with E-state index in [1.54, 1.807) is 12.1 Å². The lowest BCUT2D eigenvalue weighted by Crippen LogP contribution is -2.68. The van der Waals surface area contributed by atoms with E-state index in [1.807, 2.05) is 12.1 Å². The van der Waals surface area contributed by atoms with E-state index in [2.05, 4.69) is 42.0 Å². The Bertz CT molecular complexity index is 570. The molecule has 20 heavy (non-hydrogen) atoms. The highest BCUT2D eigenvalue weighted by Crippen LogP contribution is 2.79. The second-order valence-electron chi connectivity index (χ2n) is 6.84. The normalized spacial score (nSPS) is 37.4. The zero-order valence-electron chi connectivity index (χ0n) is 12.0. The minimum atomic E-state index is -0.304. The number of rotatable bonds is 2. The number of benzene rings is 1. The van der Waals surface area contributed by atoms with E-state index >= 15 is 0 Å². The lowest BCUT2D eigenvalue weighted by atomic mass is 9.43. The van der Waals surface area contributed by atoms with E-state index in [0.717, 1.165) is 18.5 Å². The minimum Gasteiger partial charge on any atom is -0.326 e. The average Bonchev–Trinajstić information content (AvgIpc) is 2.80. The molecule has 0 aliphatic heterocycles. The van der Waals surface area contributed by atoms with Crippen LogP contribution in [0.4, 0.5) is 5.69 Å². The molecule has 0 unspecified atom stereocenters. The molecule has 1 aromatic rings. The molecule has 0 radical (unpaired) electrons. The first-order valence-electron chi connectivity index (χ1n) is 6.97. The minimum absolute atomic E-state index is 0.0185. The Morgan fingerprint density at radius 3 is 2.30 bits per heavy atom. The van der Waals surface area contributed by atoms with Gasteiger partial charge in [0.25, 0.3) is 0 Å². The van der Waals surface area contributed by atoms with Gasteiger partial charge in [-0.3, -0.25) is 4.79 Å². The maximum atomic E-state index is 12.9. The SMILES string of the molecule is CC1(C)[C@]2(C)CC[C@@]1(C(=O)Nc1ccc(Cl)cc1)[C@H]2Br. The summed E-state index contributed by atoms with van der Waals surface area (Å²) in [6.07, 6.45) is 2.05. The molecule has 4 heteroatoms.